The van der Waals surface area contributed by atoms with Crippen molar-refractivity contribution in [3.8, 4) is 16.9 Å². The summed E-state index contributed by atoms with van der Waals surface area (Å²) in [6, 6.07) is 5.20. The van der Waals surface area contributed by atoms with Crippen LogP contribution < -0.4 is 9.62 Å². The van der Waals surface area contributed by atoms with Gasteiger partial charge in [-0.2, -0.15) is 5.26 Å². The normalized spacial score (nSPS) is 19.6. The maximum Gasteiger partial charge on any atom is 0.290 e. The molecule has 1 aliphatic heterocycles. The van der Waals surface area contributed by atoms with Crippen LogP contribution in [0.3, 0.4) is 0 Å². The number of carboxylic acid groups (broad SMARTS) is 1. The van der Waals surface area contributed by atoms with E-state index in [-0.39, 0.29) is 12.0 Å². The van der Waals surface area contributed by atoms with Gasteiger partial charge >= 0.3 is 0 Å². The van der Waals surface area contributed by atoms with Gasteiger partial charge in [0.1, 0.15) is 15.9 Å². The number of aromatic nitrogens is 4. The summed E-state index contributed by atoms with van der Waals surface area (Å²) in [6.07, 6.45) is 6.18. The number of halogens is 1. The first kappa shape index (κ1) is 27.1. The number of hydrogen-bond acceptors (Lipinski definition) is 10. The second-order valence-corrected chi connectivity index (χ2v) is 12.8. The van der Waals surface area contributed by atoms with Gasteiger partial charge in [0, 0.05) is 48.9 Å². The molecule has 0 amide bonds. The van der Waals surface area contributed by atoms with E-state index in [2.05, 4.69) is 68.2 Å². The number of carbonyl (C=O) groups is 1. The van der Waals surface area contributed by atoms with Crippen LogP contribution in [0.2, 0.25) is 5.15 Å². The smallest absolute Gasteiger partial charge is 0.290 e. The number of imidazole rings is 1. The van der Waals surface area contributed by atoms with E-state index in [9.17, 15) is 5.26 Å². The second kappa shape index (κ2) is 10.6. The first-order valence-corrected chi connectivity index (χ1v) is 14.7. The zero-order chi connectivity index (χ0) is 27.1. The number of anilines is 1. The minimum absolute atomic E-state index is 0.210. The number of hydrogen-bond donors (Lipinski definition) is 2. The highest BCUT2D eigenvalue weighted by molar-refractivity contribution is 7.97. The Hall–Kier alpha value is -2.43. The quantitative estimate of drug-likeness (QED) is 0.309. The Morgan fingerprint density at radius 3 is 2.50 bits per heavy atom. The van der Waals surface area contributed by atoms with Gasteiger partial charge in [0.15, 0.2) is 16.0 Å². The SMILES string of the molecule is CC(C)N1CCN(c2cc(SNC3(C)CC3)cn3c(-c4nnc(C5(C#N)CC5)s4)nc(Cl)c23)CC1.O=CO. The van der Waals surface area contributed by atoms with Crippen molar-refractivity contribution >= 4 is 52.6 Å². The van der Waals surface area contributed by atoms with E-state index in [1.165, 1.54) is 24.2 Å². The number of fused-ring (bicyclic) bond motifs is 1. The Balaban J connectivity index is 0.000000937. The number of rotatable bonds is 7. The minimum atomic E-state index is -0.460. The van der Waals surface area contributed by atoms with Gasteiger partial charge in [0.2, 0.25) is 0 Å². The number of nitrogens with one attached hydrogen (secondary N) is 1. The molecule has 2 aliphatic carbocycles. The van der Waals surface area contributed by atoms with Gasteiger partial charge in [0.05, 0.1) is 11.8 Å². The molecule has 2 N–H and O–H groups in total. The molecule has 0 unspecified atom stereocenters. The molecule has 4 heterocycles. The highest BCUT2D eigenvalue weighted by atomic mass is 35.5. The Morgan fingerprint density at radius 1 is 1.24 bits per heavy atom. The Morgan fingerprint density at radius 2 is 1.92 bits per heavy atom. The average Bonchev–Trinajstić information content (AvgIpc) is 3.78. The van der Waals surface area contributed by atoms with Gasteiger partial charge in [-0.15, -0.1) is 10.2 Å². The molecule has 0 atom stereocenters. The molecule has 3 aliphatic rings. The number of nitriles is 1. The van der Waals surface area contributed by atoms with Crippen molar-refractivity contribution in [2.24, 2.45) is 0 Å². The fourth-order valence-electron chi connectivity index (χ4n) is 4.53. The van der Waals surface area contributed by atoms with Crippen LogP contribution in [-0.2, 0) is 10.2 Å². The average molecular weight is 575 g/mol. The van der Waals surface area contributed by atoms with Crippen LogP contribution in [0.25, 0.3) is 16.3 Å². The minimum Gasteiger partial charge on any atom is -0.483 e. The molecule has 1 saturated heterocycles. The van der Waals surface area contributed by atoms with Crippen molar-refractivity contribution in [1.29, 1.82) is 5.26 Å². The van der Waals surface area contributed by atoms with Crippen molar-refractivity contribution in [2.45, 2.75) is 68.3 Å². The van der Waals surface area contributed by atoms with E-state index in [4.69, 9.17) is 26.5 Å². The van der Waals surface area contributed by atoms with Gasteiger partial charge < -0.3 is 10.0 Å². The van der Waals surface area contributed by atoms with Gasteiger partial charge in [-0.1, -0.05) is 22.9 Å². The molecule has 6 rings (SSSR count). The molecule has 3 fully saturated rings. The summed E-state index contributed by atoms with van der Waals surface area (Å²) in [5.41, 5.74) is 1.76. The second-order valence-electron chi connectivity index (χ2n) is 10.6. The molecule has 202 valence electrons. The van der Waals surface area contributed by atoms with Crippen LogP contribution in [0, 0.1) is 11.3 Å². The molecule has 38 heavy (non-hydrogen) atoms. The molecule has 0 bridgehead atoms. The van der Waals surface area contributed by atoms with Crippen LogP contribution in [0.15, 0.2) is 17.2 Å². The van der Waals surface area contributed by atoms with Crippen LogP contribution in [0.4, 0.5) is 5.69 Å². The van der Waals surface area contributed by atoms with Crippen LogP contribution >= 0.6 is 34.9 Å². The van der Waals surface area contributed by atoms with Crippen molar-refractivity contribution in [3.05, 3.63) is 22.4 Å². The fraction of sp³-hybridized carbons (Fsp3) is 0.560. The highest BCUT2D eigenvalue weighted by Crippen LogP contribution is 2.49. The maximum atomic E-state index is 9.59. The standard InChI is InChI=1S/C24H29ClN8S2.CH2O2/c1-15(2)31-8-10-32(11-9-31)17-12-16(35-30-23(3)4-5-23)13-33-18(17)19(25)27-20(33)21-28-29-22(34-21)24(14-26)6-7-24;2-1-3/h12-13,15,30H,4-11H2,1-3H3;1H,(H,2,3). The van der Waals surface area contributed by atoms with E-state index in [1.54, 1.807) is 11.9 Å². The third kappa shape index (κ3) is 5.35. The summed E-state index contributed by atoms with van der Waals surface area (Å²) in [7, 11) is 0. The maximum absolute atomic E-state index is 9.59. The third-order valence-electron chi connectivity index (χ3n) is 7.44. The van der Waals surface area contributed by atoms with Crippen LogP contribution in [0.1, 0.15) is 51.5 Å². The lowest BCUT2D eigenvalue weighted by Crippen LogP contribution is -2.49. The van der Waals surface area contributed by atoms with Crippen molar-refractivity contribution in [1.82, 2.24) is 29.2 Å². The highest BCUT2D eigenvalue weighted by Gasteiger charge is 2.48. The largest absolute Gasteiger partial charge is 0.483 e. The van der Waals surface area contributed by atoms with Gasteiger partial charge in [0.25, 0.3) is 6.47 Å². The van der Waals surface area contributed by atoms with Gasteiger partial charge in [-0.25, -0.2) is 4.98 Å². The molecule has 13 heteroatoms. The molecule has 0 spiro atoms. The summed E-state index contributed by atoms with van der Waals surface area (Å²) < 4.78 is 5.71. The third-order valence-corrected chi connectivity index (χ3v) is 9.88. The number of nitrogens with zero attached hydrogens (tertiary/aromatic N) is 7. The fourth-order valence-corrected chi connectivity index (χ4v) is 6.72. The first-order chi connectivity index (χ1) is 18.2. The van der Waals surface area contributed by atoms with E-state index in [0.717, 1.165) is 60.1 Å². The van der Waals surface area contributed by atoms with Gasteiger partial charge in [-0.3, -0.25) is 18.8 Å². The summed E-state index contributed by atoms with van der Waals surface area (Å²) in [6.45, 7) is 10.4. The molecular formula is C25H31ClN8O2S2. The molecule has 3 aromatic heterocycles. The lowest BCUT2D eigenvalue weighted by Gasteiger charge is -2.38. The topological polar surface area (TPSA) is 123 Å². The molecule has 0 radical (unpaired) electrons. The molecule has 0 aromatic carbocycles. The van der Waals surface area contributed by atoms with E-state index < -0.39 is 5.41 Å². The zero-order valence-electron chi connectivity index (χ0n) is 21.6. The molecular weight excluding hydrogens is 544 g/mol. The number of pyridine rings is 1. The van der Waals surface area contributed by atoms with Crippen LogP contribution in [0.5, 0.6) is 0 Å². The summed E-state index contributed by atoms with van der Waals surface area (Å²) in [5, 5.41) is 27.2. The molecule has 10 nitrogen and oxygen atoms in total. The monoisotopic (exact) mass is 574 g/mol. The Labute approximate surface area is 235 Å². The van der Waals surface area contributed by atoms with Crippen molar-refractivity contribution in [3.63, 3.8) is 0 Å². The lowest BCUT2D eigenvalue weighted by atomic mass is 10.1. The van der Waals surface area contributed by atoms with Crippen molar-refractivity contribution < 1.29 is 9.90 Å². The zero-order valence-corrected chi connectivity index (χ0v) is 24.0. The summed E-state index contributed by atoms with van der Waals surface area (Å²) >= 11 is 9.92. The van der Waals surface area contributed by atoms with E-state index in [1.807, 2.05) is 0 Å². The van der Waals surface area contributed by atoms with Crippen molar-refractivity contribution in [2.75, 3.05) is 31.1 Å². The summed E-state index contributed by atoms with van der Waals surface area (Å²) in [4.78, 5) is 19.2. The first-order valence-electron chi connectivity index (χ1n) is 12.7. The van der Waals surface area contributed by atoms with Crippen LogP contribution in [-0.4, -0.2) is 73.8 Å². The molecule has 2 saturated carbocycles. The van der Waals surface area contributed by atoms with E-state index >= 15 is 0 Å². The predicted molar refractivity (Wildman–Crippen MR) is 150 cm³/mol. The van der Waals surface area contributed by atoms with Gasteiger partial charge in [-0.05, 0) is 64.5 Å². The predicted octanol–water partition coefficient (Wildman–Crippen LogP) is 4.44. The Bertz CT molecular complexity index is 1370. The lowest BCUT2D eigenvalue weighted by molar-refractivity contribution is -0.122. The Kier molecular flexibility index (Phi) is 7.59. The molecule has 3 aromatic rings. The summed E-state index contributed by atoms with van der Waals surface area (Å²) in [5.74, 6) is 0.685. The van der Waals surface area contributed by atoms with E-state index in [0.29, 0.717) is 22.0 Å². The number of piperazine rings is 1.